The zero-order chi connectivity index (χ0) is 30.3. The van der Waals surface area contributed by atoms with Gasteiger partial charge in [-0.25, -0.2) is 9.80 Å². The number of benzene rings is 2. The highest BCUT2D eigenvalue weighted by Gasteiger charge is 2.52. The molecule has 3 fully saturated rings. The molecule has 1 spiro atoms. The average molecular weight is 624 g/mol. The monoisotopic (exact) mass is 622 g/mol. The van der Waals surface area contributed by atoms with Gasteiger partial charge in [-0.3, -0.25) is 19.3 Å². The first kappa shape index (κ1) is 29.4. The molecule has 224 valence electrons. The molecule has 2 saturated carbocycles. The van der Waals surface area contributed by atoms with Gasteiger partial charge < -0.3 is 10.1 Å². The van der Waals surface area contributed by atoms with E-state index in [4.69, 9.17) is 33.0 Å². The van der Waals surface area contributed by atoms with Gasteiger partial charge in [0.05, 0.1) is 17.7 Å². The molecule has 0 radical (unpaired) electrons. The maximum atomic E-state index is 13.6. The number of carbonyl (C=O) groups is 4. The highest BCUT2D eigenvalue weighted by atomic mass is 35.5. The minimum absolute atomic E-state index is 0.0139. The lowest BCUT2D eigenvalue weighted by atomic mass is 9.76. The number of ether oxygens (including phenoxy) is 1. The summed E-state index contributed by atoms with van der Waals surface area (Å²) in [6.45, 7) is -0.442. The fraction of sp³-hybridized carbons (Fsp3) is 0.406. The number of amides is 4. The van der Waals surface area contributed by atoms with E-state index in [0.717, 1.165) is 46.6 Å². The van der Waals surface area contributed by atoms with Crippen molar-refractivity contribution in [2.45, 2.75) is 56.5 Å². The number of esters is 1. The summed E-state index contributed by atoms with van der Waals surface area (Å²) in [4.78, 5) is 52.3. The van der Waals surface area contributed by atoms with Gasteiger partial charge in [-0.05, 0) is 92.0 Å². The van der Waals surface area contributed by atoms with E-state index in [9.17, 15) is 19.2 Å². The molecule has 0 bridgehead atoms. The minimum atomic E-state index is -0.955. The van der Waals surface area contributed by atoms with Crippen LogP contribution in [0.4, 0.5) is 4.79 Å². The molecule has 4 aliphatic rings. The molecule has 11 heteroatoms. The van der Waals surface area contributed by atoms with Crippen LogP contribution in [0.25, 0.3) is 6.08 Å². The SMILES string of the molecule is CN1C(=O)NC2(CCC(C(=O)OCC(=O)N3N=C4/C(=C\c5ccc(Cl)cc5)CCCC4C3c3ccc(Cl)cc3)CC2)C1=O. The number of hydrogen-bond acceptors (Lipinski definition) is 6. The van der Waals surface area contributed by atoms with Crippen molar-refractivity contribution in [1.29, 1.82) is 0 Å². The molecule has 2 aliphatic carbocycles. The van der Waals surface area contributed by atoms with Gasteiger partial charge in [0.25, 0.3) is 11.8 Å². The van der Waals surface area contributed by atoms with Gasteiger partial charge >= 0.3 is 12.0 Å². The minimum Gasteiger partial charge on any atom is -0.455 e. The Morgan fingerprint density at radius 2 is 1.67 bits per heavy atom. The van der Waals surface area contributed by atoms with Crippen molar-refractivity contribution in [3.8, 4) is 0 Å². The van der Waals surface area contributed by atoms with E-state index in [1.165, 1.54) is 12.1 Å². The Balaban J connectivity index is 1.17. The summed E-state index contributed by atoms with van der Waals surface area (Å²) in [7, 11) is 1.45. The lowest BCUT2D eigenvalue weighted by Crippen LogP contribution is -2.50. The Labute approximate surface area is 259 Å². The van der Waals surface area contributed by atoms with Crippen LogP contribution < -0.4 is 5.32 Å². The lowest BCUT2D eigenvalue weighted by Gasteiger charge is -2.34. The Kier molecular flexibility index (Phi) is 8.04. The fourth-order valence-corrected chi connectivity index (χ4v) is 6.97. The number of allylic oxidation sites excluding steroid dienone is 1. The molecule has 2 atom stereocenters. The van der Waals surface area contributed by atoms with Crippen LogP contribution in [0.15, 0.2) is 59.2 Å². The number of hydrogen-bond donors (Lipinski definition) is 1. The van der Waals surface area contributed by atoms with Crippen LogP contribution in [0, 0.1) is 11.8 Å². The summed E-state index contributed by atoms with van der Waals surface area (Å²) in [6.07, 6.45) is 6.20. The van der Waals surface area contributed by atoms with Crippen LogP contribution in [-0.2, 0) is 19.1 Å². The predicted molar refractivity (Wildman–Crippen MR) is 162 cm³/mol. The van der Waals surface area contributed by atoms with E-state index >= 15 is 0 Å². The van der Waals surface area contributed by atoms with Crippen molar-refractivity contribution in [1.82, 2.24) is 15.2 Å². The van der Waals surface area contributed by atoms with Crippen LogP contribution >= 0.6 is 23.2 Å². The summed E-state index contributed by atoms with van der Waals surface area (Å²) in [6, 6.07) is 14.2. The zero-order valence-corrected chi connectivity index (χ0v) is 25.2. The maximum Gasteiger partial charge on any atom is 0.324 e. The van der Waals surface area contributed by atoms with Crippen molar-refractivity contribution >= 4 is 58.8 Å². The number of hydrazone groups is 1. The van der Waals surface area contributed by atoms with Gasteiger partial charge in [0.2, 0.25) is 0 Å². The molecular weight excluding hydrogens is 591 g/mol. The number of nitrogens with zero attached hydrogens (tertiary/aromatic N) is 3. The quantitative estimate of drug-likeness (QED) is 0.336. The molecule has 2 heterocycles. The van der Waals surface area contributed by atoms with Crippen LogP contribution in [0.3, 0.4) is 0 Å². The Morgan fingerprint density at radius 1 is 1.02 bits per heavy atom. The second kappa shape index (κ2) is 11.8. The number of carbonyl (C=O) groups excluding carboxylic acids is 4. The van der Waals surface area contributed by atoms with Crippen LogP contribution in [-0.4, -0.2) is 58.6 Å². The molecule has 4 amide bonds. The Morgan fingerprint density at radius 3 is 2.30 bits per heavy atom. The largest absolute Gasteiger partial charge is 0.455 e. The molecule has 2 aromatic rings. The molecule has 43 heavy (non-hydrogen) atoms. The van der Waals surface area contributed by atoms with Crippen molar-refractivity contribution in [3.63, 3.8) is 0 Å². The van der Waals surface area contributed by atoms with Gasteiger partial charge in [0.15, 0.2) is 6.61 Å². The number of imide groups is 1. The standard InChI is InChI=1S/C32H32Cl2N4O5/c1-37-30(41)32(35-31(37)42)15-13-21(14-16-32)29(40)43-18-26(39)38-28(20-7-11-24(34)12-8-20)25-4-2-3-22(27(25)36-38)17-19-5-9-23(33)10-6-19/h5-12,17,21,25,28H,2-4,13-16,18H2,1H3,(H,35,42)/b22-17-. The van der Waals surface area contributed by atoms with Crippen molar-refractivity contribution in [2.24, 2.45) is 16.9 Å². The highest BCUT2D eigenvalue weighted by molar-refractivity contribution is 6.30. The van der Waals surface area contributed by atoms with Crippen molar-refractivity contribution < 1.29 is 23.9 Å². The molecule has 2 unspecified atom stereocenters. The van der Waals surface area contributed by atoms with E-state index in [-0.39, 0.29) is 17.9 Å². The average Bonchev–Trinajstić information content (AvgIpc) is 3.50. The van der Waals surface area contributed by atoms with Gasteiger partial charge in [0.1, 0.15) is 5.54 Å². The van der Waals surface area contributed by atoms with Gasteiger partial charge in [-0.2, -0.15) is 5.10 Å². The molecule has 1 N–H and O–H groups in total. The molecule has 6 rings (SSSR count). The van der Waals surface area contributed by atoms with Crippen molar-refractivity contribution in [2.75, 3.05) is 13.7 Å². The summed E-state index contributed by atoms with van der Waals surface area (Å²) in [5.74, 6) is -1.63. The van der Waals surface area contributed by atoms with Crippen LogP contribution in [0.2, 0.25) is 10.0 Å². The van der Waals surface area contributed by atoms with Gasteiger partial charge in [-0.15, -0.1) is 0 Å². The molecule has 9 nitrogen and oxygen atoms in total. The highest BCUT2D eigenvalue weighted by Crippen LogP contribution is 2.45. The number of halogens is 2. The molecule has 0 aromatic heterocycles. The Hall–Kier alpha value is -3.69. The first-order chi connectivity index (χ1) is 20.6. The van der Waals surface area contributed by atoms with Crippen LogP contribution in [0.5, 0.6) is 0 Å². The molecule has 2 aromatic carbocycles. The van der Waals surface area contributed by atoms with E-state index < -0.39 is 36.0 Å². The topological polar surface area (TPSA) is 108 Å². The van der Waals surface area contributed by atoms with E-state index in [0.29, 0.717) is 35.7 Å². The van der Waals surface area contributed by atoms with Crippen molar-refractivity contribution in [3.05, 3.63) is 75.3 Å². The molecule has 2 aliphatic heterocycles. The predicted octanol–water partition coefficient (Wildman–Crippen LogP) is 5.77. The third kappa shape index (κ3) is 5.68. The van der Waals surface area contributed by atoms with Crippen LogP contribution in [0.1, 0.15) is 62.1 Å². The fourth-order valence-electron chi connectivity index (χ4n) is 6.72. The number of rotatable bonds is 5. The summed E-state index contributed by atoms with van der Waals surface area (Å²) in [5, 5.41) is 10.4. The second-order valence-electron chi connectivity index (χ2n) is 11.7. The third-order valence-corrected chi connectivity index (χ3v) is 9.56. The normalized spacial score (nSPS) is 27.7. The number of urea groups is 1. The van der Waals surface area contributed by atoms with E-state index in [1.54, 1.807) is 12.1 Å². The van der Waals surface area contributed by atoms with Gasteiger partial charge in [-0.1, -0.05) is 47.5 Å². The maximum absolute atomic E-state index is 13.6. The number of nitrogens with one attached hydrogen (secondary N) is 1. The zero-order valence-electron chi connectivity index (χ0n) is 23.7. The Bertz CT molecular complexity index is 1510. The first-order valence-corrected chi connectivity index (χ1v) is 15.3. The summed E-state index contributed by atoms with van der Waals surface area (Å²) < 4.78 is 5.54. The summed E-state index contributed by atoms with van der Waals surface area (Å²) in [5.41, 5.74) is 2.89. The van der Waals surface area contributed by atoms with E-state index in [2.05, 4.69) is 11.4 Å². The first-order valence-electron chi connectivity index (χ1n) is 14.5. The number of fused-ring (bicyclic) bond motifs is 1. The van der Waals surface area contributed by atoms with Gasteiger partial charge in [0, 0.05) is 23.0 Å². The molecular formula is C32H32Cl2N4O5. The smallest absolute Gasteiger partial charge is 0.324 e. The van der Waals surface area contributed by atoms with E-state index in [1.807, 2.05) is 36.4 Å². The molecule has 1 saturated heterocycles. The number of likely N-dealkylation sites (N-methyl/N-ethyl adjacent to an activating group) is 1. The summed E-state index contributed by atoms with van der Waals surface area (Å²) >= 11 is 12.3. The lowest BCUT2D eigenvalue weighted by molar-refractivity contribution is -0.158. The third-order valence-electron chi connectivity index (χ3n) is 9.05. The second-order valence-corrected chi connectivity index (χ2v) is 12.6.